The van der Waals surface area contributed by atoms with E-state index in [0.29, 0.717) is 23.9 Å². The Morgan fingerprint density at radius 2 is 1.96 bits per heavy atom. The van der Waals surface area contributed by atoms with Crippen LogP contribution in [0.1, 0.15) is 40.4 Å². The zero-order chi connectivity index (χ0) is 18.8. The number of fused-ring (bicyclic) bond motifs is 1. The Hall–Kier alpha value is -2.25. The summed E-state index contributed by atoms with van der Waals surface area (Å²) in [7, 11) is 0. The molecule has 3 heterocycles. The number of hydrogen-bond donors (Lipinski definition) is 1. The highest BCUT2D eigenvalue weighted by Gasteiger charge is 2.29. The lowest BCUT2D eigenvalue weighted by atomic mass is 9.97. The molecule has 2 amide bonds. The molecule has 1 saturated heterocycles. The molecule has 2 aromatic heterocycles. The van der Waals surface area contributed by atoms with Crippen molar-refractivity contribution in [3.63, 3.8) is 0 Å². The van der Waals surface area contributed by atoms with Crippen LogP contribution in [0.3, 0.4) is 0 Å². The van der Waals surface area contributed by atoms with Crippen LogP contribution in [0.4, 0.5) is 0 Å². The Balaban J connectivity index is 1.34. The number of rotatable bonds is 4. The maximum atomic E-state index is 12.7. The number of likely N-dealkylation sites (tertiary alicyclic amines) is 1. The van der Waals surface area contributed by atoms with Gasteiger partial charge >= 0.3 is 0 Å². The zero-order valence-corrected chi connectivity index (χ0v) is 16.7. The van der Waals surface area contributed by atoms with Crippen LogP contribution in [0.25, 0.3) is 10.2 Å². The number of piperidine rings is 1. The van der Waals surface area contributed by atoms with Crippen LogP contribution in [-0.4, -0.2) is 40.8 Å². The molecule has 140 valence electrons. The van der Waals surface area contributed by atoms with Gasteiger partial charge in [-0.2, -0.15) is 0 Å². The molecule has 1 aromatic carbocycles. The minimum atomic E-state index is -0.515. The summed E-state index contributed by atoms with van der Waals surface area (Å²) in [5.41, 5.74) is 1.06. The topological polar surface area (TPSA) is 62.3 Å². The van der Waals surface area contributed by atoms with Gasteiger partial charge in [-0.25, -0.2) is 4.98 Å². The molecule has 5 nitrogen and oxygen atoms in total. The van der Waals surface area contributed by atoms with Gasteiger partial charge in [-0.15, -0.1) is 22.7 Å². The Kier molecular flexibility index (Phi) is 5.22. The van der Waals surface area contributed by atoms with Gasteiger partial charge in [-0.1, -0.05) is 18.2 Å². The van der Waals surface area contributed by atoms with E-state index in [9.17, 15) is 9.59 Å². The Morgan fingerprint density at radius 1 is 1.19 bits per heavy atom. The molecule has 0 bridgehead atoms. The number of hydrogen-bond acceptors (Lipinski definition) is 5. The van der Waals surface area contributed by atoms with Gasteiger partial charge in [-0.05, 0) is 43.3 Å². The second kappa shape index (κ2) is 7.78. The highest BCUT2D eigenvalue weighted by atomic mass is 32.1. The molecule has 1 aliphatic rings. The first-order valence-corrected chi connectivity index (χ1v) is 10.8. The predicted octanol–water partition coefficient (Wildman–Crippen LogP) is 3.88. The number of carbonyl (C=O) groups excluding carboxylic acids is 2. The van der Waals surface area contributed by atoms with Crippen LogP contribution in [0.15, 0.2) is 41.8 Å². The van der Waals surface area contributed by atoms with Crippen molar-refractivity contribution >= 4 is 44.7 Å². The third-order valence-electron chi connectivity index (χ3n) is 4.93. The summed E-state index contributed by atoms with van der Waals surface area (Å²) in [5.74, 6) is 0.209. The van der Waals surface area contributed by atoms with Crippen molar-refractivity contribution in [2.45, 2.75) is 31.7 Å². The molecule has 27 heavy (non-hydrogen) atoms. The number of benzene rings is 1. The lowest BCUT2D eigenvalue weighted by Gasteiger charge is -2.33. The fourth-order valence-corrected chi connectivity index (χ4v) is 5.19. The van der Waals surface area contributed by atoms with Gasteiger partial charge in [0, 0.05) is 19.0 Å². The molecule has 7 heteroatoms. The fraction of sp³-hybridized carbons (Fsp3) is 0.350. The van der Waals surface area contributed by atoms with Gasteiger partial charge < -0.3 is 10.2 Å². The first-order chi connectivity index (χ1) is 13.1. The third-order valence-corrected chi connectivity index (χ3v) is 7.00. The van der Waals surface area contributed by atoms with Gasteiger partial charge in [0.25, 0.3) is 5.91 Å². The third kappa shape index (κ3) is 3.89. The average molecular weight is 400 g/mol. The summed E-state index contributed by atoms with van der Waals surface area (Å²) in [6.45, 7) is 3.17. The number of thiazole rings is 1. The molecule has 1 unspecified atom stereocenters. The molecule has 1 fully saturated rings. The van der Waals surface area contributed by atoms with E-state index in [2.05, 4.69) is 11.4 Å². The van der Waals surface area contributed by atoms with Crippen LogP contribution in [0, 0.1) is 0 Å². The van der Waals surface area contributed by atoms with Gasteiger partial charge in [0.1, 0.15) is 6.04 Å². The Morgan fingerprint density at radius 3 is 2.67 bits per heavy atom. The lowest BCUT2D eigenvalue weighted by Crippen LogP contribution is -2.49. The predicted molar refractivity (Wildman–Crippen MR) is 109 cm³/mol. The summed E-state index contributed by atoms with van der Waals surface area (Å²) in [5, 5.41) is 5.83. The largest absolute Gasteiger partial charge is 0.341 e. The fourth-order valence-electron chi connectivity index (χ4n) is 3.42. The first kappa shape index (κ1) is 18.1. The van der Waals surface area contributed by atoms with Crippen molar-refractivity contribution in [3.05, 3.63) is 51.7 Å². The maximum absolute atomic E-state index is 12.7. The summed E-state index contributed by atoms with van der Waals surface area (Å²) in [4.78, 5) is 32.1. The molecule has 4 rings (SSSR count). The summed E-state index contributed by atoms with van der Waals surface area (Å²) in [6.07, 6.45) is 1.83. The minimum absolute atomic E-state index is 0.0114. The van der Waals surface area contributed by atoms with Crippen LogP contribution >= 0.6 is 22.7 Å². The van der Waals surface area contributed by atoms with Gasteiger partial charge in [0.05, 0.1) is 20.1 Å². The summed E-state index contributed by atoms with van der Waals surface area (Å²) >= 11 is 3.13. The molecular weight excluding hydrogens is 378 g/mol. The zero-order valence-electron chi connectivity index (χ0n) is 15.1. The average Bonchev–Trinajstić information content (AvgIpc) is 3.37. The van der Waals surface area contributed by atoms with Crippen molar-refractivity contribution in [2.75, 3.05) is 13.1 Å². The van der Waals surface area contributed by atoms with E-state index in [1.54, 1.807) is 24.3 Å². The molecule has 1 aliphatic heterocycles. The quantitative estimate of drug-likeness (QED) is 0.724. The smallest absolute Gasteiger partial charge is 0.261 e. The van der Waals surface area contributed by atoms with Crippen molar-refractivity contribution in [1.29, 1.82) is 0 Å². The number of nitrogens with zero attached hydrogens (tertiary/aromatic N) is 2. The monoisotopic (exact) mass is 399 g/mol. The Labute approximate surface area is 166 Å². The minimum Gasteiger partial charge on any atom is -0.341 e. The number of thiophene rings is 1. The van der Waals surface area contributed by atoms with Crippen molar-refractivity contribution in [1.82, 2.24) is 15.2 Å². The number of aromatic nitrogens is 1. The molecule has 0 saturated carbocycles. The summed E-state index contributed by atoms with van der Waals surface area (Å²) in [6, 6.07) is 11.3. The molecule has 0 radical (unpaired) electrons. The van der Waals surface area contributed by atoms with Gasteiger partial charge in [0.15, 0.2) is 0 Å². The molecule has 1 atom stereocenters. The van der Waals surface area contributed by atoms with E-state index >= 15 is 0 Å². The molecule has 0 spiro atoms. The van der Waals surface area contributed by atoms with Crippen LogP contribution < -0.4 is 5.32 Å². The number of nitrogens with one attached hydrogen (secondary N) is 1. The first-order valence-electron chi connectivity index (χ1n) is 9.10. The molecule has 3 aromatic rings. The second-order valence-electron chi connectivity index (χ2n) is 6.79. The highest BCUT2D eigenvalue weighted by molar-refractivity contribution is 7.18. The Bertz CT molecular complexity index is 910. The number of carbonyl (C=O) groups is 2. The van der Waals surface area contributed by atoms with Gasteiger partial charge in [-0.3, -0.25) is 9.59 Å². The van der Waals surface area contributed by atoms with Crippen LogP contribution in [0.2, 0.25) is 0 Å². The van der Waals surface area contributed by atoms with E-state index in [-0.39, 0.29) is 11.8 Å². The highest BCUT2D eigenvalue weighted by Crippen LogP contribution is 2.33. The summed E-state index contributed by atoms with van der Waals surface area (Å²) < 4.78 is 1.22. The van der Waals surface area contributed by atoms with Crippen molar-refractivity contribution in [2.24, 2.45) is 0 Å². The standard InChI is InChI=1S/C20H21N3O2S2/c1-13(21-18(24)17-7-4-12-26-17)20(25)23-10-8-14(9-11-23)19-22-15-5-2-3-6-16(15)27-19/h2-7,12-14H,8-11H2,1H3,(H,21,24). The van der Waals surface area contributed by atoms with Crippen LogP contribution in [-0.2, 0) is 4.79 Å². The van der Waals surface area contributed by atoms with Crippen molar-refractivity contribution < 1.29 is 9.59 Å². The SMILES string of the molecule is CC(NC(=O)c1cccs1)C(=O)N1CCC(c2nc3ccccc3s2)CC1. The second-order valence-corrected chi connectivity index (χ2v) is 8.80. The number of amides is 2. The number of para-hydroxylation sites is 1. The van der Waals surface area contributed by atoms with E-state index in [4.69, 9.17) is 4.98 Å². The lowest BCUT2D eigenvalue weighted by molar-refractivity contribution is -0.133. The van der Waals surface area contributed by atoms with E-state index < -0.39 is 6.04 Å². The molecule has 0 aliphatic carbocycles. The normalized spacial score (nSPS) is 16.4. The van der Waals surface area contributed by atoms with E-state index in [1.165, 1.54) is 21.0 Å². The van der Waals surface area contributed by atoms with Crippen molar-refractivity contribution in [3.8, 4) is 0 Å². The molecular formula is C20H21N3O2S2. The van der Waals surface area contributed by atoms with E-state index in [1.807, 2.05) is 34.5 Å². The molecule has 1 N–H and O–H groups in total. The van der Waals surface area contributed by atoms with E-state index in [0.717, 1.165) is 18.4 Å². The van der Waals surface area contributed by atoms with Crippen LogP contribution in [0.5, 0.6) is 0 Å². The maximum Gasteiger partial charge on any atom is 0.261 e. The van der Waals surface area contributed by atoms with Gasteiger partial charge in [0.2, 0.25) is 5.91 Å².